The van der Waals surface area contributed by atoms with Gasteiger partial charge < -0.3 is 10.1 Å². The SMILES string of the molecule is O=C(Nc1ccc2c(c1)CCCO2)C1CC(F)(F)CN1. The highest BCUT2D eigenvalue weighted by Crippen LogP contribution is 2.29. The van der Waals surface area contributed by atoms with Crippen LogP contribution >= 0.6 is 0 Å². The molecule has 1 fully saturated rings. The molecule has 1 aromatic rings. The number of hydrogen-bond donors (Lipinski definition) is 2. The Kier molecular flexibility index (Phi) is 3.33. The van der Waals surface area contributed by atoms with Crippen LogP contribution in [0.5, 0.6) is 5.75 Å². The smallest absolute Gasteiger partial charge is 0.262 e. The number of carbonyl (C=O) groups excluding carboxylic acids is 1. The Morgan fingerprint density at radius 1 is 1.45 bits per heavy atom. The summed E-state index contributed by atoms with van der Waals surface area (Å²) >= 11 is 0. The lowest BCUT2D eigenvalue weighted by atomic mass is 10.1. The van der Waals surface area contributed by atoms with Gasteiger partial charge in [-0.3, -0.25) is 10.1 Å². The molecule has 1 amide bonds. The van der Waals surface area contributed by atoms with E-state index in [1.54, 1.807) is 12.1 Å². The summed E-state index contributed by atoms with van der Waals surface area (Å²) in [6.45, 7) is 0.267. The van der Waals surface area contributed by atoms with E-state index < -0.39 is 30.8 Å². The number of aryl methyl sites for hydroxylation is 1. The Morgan fingerprint density at radius 3 is 3.05 bits per heavy atom. The van der Waals surface area contributed by atoms with Gasteiger partial charge in [-0.2, -0.15) is 0 Å². The maximum atomic E-state index is 13.1. The van der Waals surface area contributed by atoms with Crippen LogP contribution in [0.25, 0.3) is 0 Å². The molecule has 0 radical (unpaired) electrons. The van der Waals surface area contributed by atoms with E-state index in [4.69, 9.17) is 4.74 Å². The molecule has 4 nitrogen and oxygen atoms in total. The summed E-state index contributed by atoms with van der Waals surface area (Å²) < 4.78 is 31.6. The standard InChI is InChI=1S/C14H16F2N2O2/c15-14(16)7-11(17-8-14)13(19)18-10-3-4-12-9(6-10)2-1-5-20-12/h3-4,6,11,17H,1-2,5,7-8H2,(H,18,19). The molecule has 2 N–H and O–H groups in total. The van der Waals surface area contributed by atoms with Crippen molar-refractivity contribution in [3.05, 3.63) is 23.8 Å². The van der Waals surface area contributed by atoms with E-state index >= 15 is 0 Å². The minimum atomic E-state index is -2.80. The second-order valence-electron chi connectivity index (χ2n) is 5.26. The molecule has 108 valence electrons. The van der Waals surface area contributed by atoms with Crippen LogP contribution in [0, 0.1) is 0 Å². The monoisotopic (exact) mass is 282 g/mol. The molecule has 1 saturated heterocycles. The Bertz CT molecular complexity index is 534. The third kappa shape index (κ3) is 2.75. The van der Waals surface area contributed by atoms with Crippen LogP contribution < -0.4 is 15.4 Å². The van der Waals surface area contributed by atoms with Crippen molar-refractivity contribution in [1.82, 2.24) is 5.32 Å². The predicted octanol–water partition coefficient (Wildman–Crippen LogP) is 1.95. The summed E-state index contributed by atoms with van der Waals surface area (Å²) in [5.74, 6) is -2.38. The van der Waals surface area contributed by atoms with Gasteiger partial charge >= 0.3 is 0 Å². The normalized spacial score (nSPS) is 23.8. The van der Waals surface area contributed by atoms with E-state index in [0.29, 0.717) is 12.3 Å². The largest absolute Gasteiger partial charge is 0.493 e. The lowest BCUT2D eigenvalue weighted by Crippen LogP contribution is -2.35. The highest BCUT2D eigenvalue weighted by molar-refractivity contribution is 5.95. The number of benzene rings is 1. The zero-order valence-electron chi connectivity index (χ0n) is 10.9. The molecule has 2 aliphatic rings. The highest BCUT2D eigenvalue weighted by atomic mass is 19.3. The van der Waals surface area contributed by atoms with Gasteiger partial charge in [-0.25, -0.2) is 8.78 Å². The van der Waals surface area contributed by atoms with Crippen molar-refractivity contribution >= 4 is 11.6 Å². The fourth-order valence-electron chi connectivity index (χ4n) is 2.57. The van der Waals surface area contributed by atoms with Crippen LogP contribution in [0.2, 0.25) is 0 Å². The van der Waals surface area contributed by atoms with E-state index in [-0.39, 0.29) is 0 Å². The molecule has 0 spiro atoms. The highest BCUT2D eigenvalue weighted by Gasteiger charge is 2.42. The average Bonchev–Trinajstić information content (AvgIpc) is 2.79. The Labute approximate surface area is 115 Å². The number of carbonyl (C=O) groups is 1. The lowest BCUT2D eigenvalue weighted by Gasteiger charge is -2.18. The molecule has 3 rings (SSSR count). The molecular weight excluding hydrogens is 266 g/mol. The first-order valence-corrected chi connectivity index (χ1v) is 6.71. The number of ether oxygens (including phenoxy) is 1. The third-order valence-electron chi connectivity index (χ3n) is 3.60. The molecule has 20 heavy (non-hydrogen) atoms. The van der Waals surface area contributed by atoms with Crippen LogP contribution in [0.4, 0.5) is 14.5 Å². The Hall–Kier alpha value is -1.69. The van der Waals surface area contributed by atoms with Gasteiger partial charge in [0.25, 0.3) is 5.92 Å². The van der Waals surface area contributed by atoms with Crippen LogP contribution in [-0.4, -0.2) is 31.0 Å². The minimum absolute atomic E-state index is 0.418. The van der Waals surface area contributed by atoms with Crippen molar-refractivity contribution in [3.8, 4) is 5.75 Å². The first-order valence-electron chi connectivity index (χ1n) is 6.71. The van der Waals surface area contributed by atoms with Crippen LogP contribution in [0.3, 0.4) is 0 Å². The zero-order valence-corrected chi connectivity index (χ0v) is 10.9. The van der Waals surface area contributed by atoms with Gasteiger partial charge in [0, 0.05) is 12.1 Å². The van der Waals surface area contributed by atoms with Crippen molar-refractivity contribution in [2.24, 2.45) is 0 Å². The fraction of sp³-hybridized carbons (Fsp3) is 0.500. The van der Waals surface area contributed by atoms with Crippen molar-refractivity contribution in [2.75, 3.05) is 18.5 Å². The fourth-order valence-corrected chi connectivity index (χ4v) is 2.57. The number of rotatable bonds is 2. The number of amides is 1. The molecule has 2 heterocycles. The van der Waals surface area contributed by atoms with Gasteiger partial charge in [-0.15, -0.1) is 0 Å². The zero-order chi connectivity index (χ0) is 14.2. The third-order valence-corrected chi connectivity index (χ3v) is 3.60. The van der Waals surface area contributed by atoms with Crippen molar-refractivity contribution < 1.29 is 18.3 Å². The van der Waals surface area contributed by atoms with Gasteiger partial charge in [-0.1, -0.05) is 0 Å². The lowest BCUT2D eigenvalue weighted by molar-refractivity contribution is -0.118. The van der Waals surface area contributed by atoms with E-state index in [1.165, 1.54) is 0 Å². The number of halogens is 2. The first-order chi connectivity index (χ1) is 9.53. The molecule has 0 saturated carbocycles. The maximum absolute atomic E-state index is 13.1. The summed E-state index contributed by atoms with van der Waals surface area (Å²) in [5, 5.41) is 5.22. The molecule has 1 unspecified atom stereocenters. The van der Waals surface area contributed by atoms with Crippen molar-refractivity contribution in [3.63, 3.8) is 0 Å². The molecule has 0 aliphatic carbocycles. The summed E-state index contributed by atoms with van der Waals surface area (Å²) in [6, 6.07) is 4.55. The summed E-state index contributed by atoms with van der Waals surface area (Å²) in [6.07, 6.45) is 1.40. The van der Waals surface area contributed by atoms with E-state index in [1.807, 2.05) is 6.07 Å². The van der Waals surface area contributed by atoms with Gasteiger partial charge in [0.2, 0.25) is 5.91 Å². The molecule has 0 bridgehead atoms. The predicted molar refractivity (Wildman–Crippen MR) is 70.2 cm³/mol. The summed E-state index contributed by atoms with van der Waals surface area (Å²) in [5.41, 5.74) is 1.66. The molecular formula is C14H16F2N2O2. The Morgan fingerprint density at radius 2 is 2.30 bits per heavy atom. The number of alkyl halides is 2. The first kappa shape index (κ1) is 13.3. The molecule has 0 aromatic heterocycles. The van der Waals surface area contributed by atoms with Crippen molar-refractivity contribution in [1.29, 1.82) is 0 Å². The van der Waals surface area contributed by atoms with Gasteiger partial charge in [-0.05, 0) is 36.6 Å². The van der Waals surface area contributed by atoms with Gasteiger partial charge in [0.1, 0.15) is 5.75 Å². The molecule has 2 aliphatic heterocycles. The quantitative estimate of drug-likeness (QED) is 0.871. The van der Waals surface area contributed by atoms with Gasteiger partial charge in [0.05, 0.1) is 19.2 Å². The van der Waals surface area contributed by atoms with Crippen LogP contribution in [0.1, 0.15) is 18.4 Å². The van der Waals surface area contributed by atoms with E-state index in [0.717, 1.165) is 24.2 Å². The van der Waals surface area contributed by atoms with Crippen molar-refractivity contribution in [2.45, 2.75) is 31.2 Å². The molecule has 6 heteroatoms. The number of nitrogens with one attached hydrogen (secondary N) is 2. The summed E-state index contributed by atoms with van der Waals surface area (Å²) in [7, 11) is 0. The minimum Gasteiger partial charge on any atom is -0.493 e. The Balaban J connectivity index is 1.67. The molecule has 1 atom stereocenters. The molecule has 1 aromatic carbocycles. The van der Waals surface area contributed by atoms with Crippen LogP contribution in [-0.2, 0) is 11.2 Å². The van der Waals surface area contributed by atoms with Gasteiger partial charge in [0.15, 0.2) is 0 Å². The second kappa shape index (κ2) is 5.01. The van der Waals surface area contributed by atoms with Crippen LogP contribution in [0.15, 0.2) is 18.2 Å². The number of fused-ring (bicyclic) bond motifs is 1. The van der Waals surface area contributed by atoms with E-state index in [9.17, 15) is 13.6 Å². The van der Waals surface area contributed by atoms with E-state index in [2.05, 4.69) is 10.6 Å². The number of hydrogen-bond acceptors (Lipinski definition) is 3. The maximum Gasteiger partial charge on any atom is 0.262 e. The average molecular weight is 282 g/mol. The topological polar surface area (TPSA) is 50.4 Å². The second-order valence-corrected chi connectivity index (χ2v) is 5.26. The number of anilines is 1. The summed E-state index contributed by atoms with van der Waals surface area (Å²) in [4.78, 5) is 11.9.